The van der Waals surface area contributed by atoms with Gasteiger partial charge in [-0.05, 0) is 49.1 Å². The van der Waals surface area contributed by atoms with Crippen molar-refractivity contribution in [1.82, 2.24) is 10.2 Å². The molecule has 2 fully saturated rings. The molecule has 1 saturated carbocycles. The average Bonchev–Trinajstić information content (AvgIpc) is 3.00. The second-order valence-electron chi connectivity index (χ2n) is 6.09. The summed E-state index contributed by atoms with van der Waals surface area (Å²) in [7, 11) is 0. The van der Waals surface area contributed by atoms with E-state index in [0.717, 1.165) is 6.54 Å². The minimum Gasteiger partial charge on any atom is -0.338 e. The molecule has 3 aliphatic rings. The number of aryl methyl sites for hydroxylation is 1. The summed E-state index contributed by atoms with van der Waals surface area (Å²) in [5.74, 6) is 0.362. The van der Waals surface area contributed by atoms with Crippen LogP contribution in [0.3, 0.4) is 0 Å². The molecule has 4 rings (SSSR count). The van der Waals surface area contributed by atoms with Crippen molar-refractivity contribution in [3.63, 3.8) is 0 Å². The van der Waals surface area contributed by atoms with Gasteiger partial charge in [-0.3, -0.25) is 4.79 Å². The lowest BCUT2D eigenvalue weighted by Gasteiger charge is -2.27. The summed E-state index contributed by atoms with van der Waals surface area (Å²) in [5, 5.41) is 5.96. The second-order valence-corrected chi connectivity index (χ2v) is 7.09. The van der Waals surface area contributed by atoms with Gasteiger partial charge in [0.05, 0.1) is 0 Å². The van der Waals surface area contributed by atoms with Crippen molar-refractivity contribution in [2.75, 3.05) is 6.54 Å². The molecule has 2 aliphatic carbocycles. The summed E-state index contributed by atoms with van der Waals surface area (Å²) in [6, 6.07) is 3.69. The first kappa shape index (κ1) is 11.9. The van der Waals surface area contributed by atoms with Crippen molar-refractivity contribution in [2.45, 2.75) is 56.7 Å². The standard InChI is InChI=1S/C15H20N2OS/c18-15-8-10(9-17(15)11-4-5-11)16-13-2-1-3-14-12(13)6-7-19-14/h6-7,10-11,13,16H,1-5,8-9H2/t10-,13-/m0/s1. The lowest BCUT2D eigenvalue weighted by Crippen LogP contribution is -2.37. The van der Waals surface area contributed by atoms with E-state index in [1.807, 2.05) is 11.3 Å². The highest BCUT2D eigenvalue weighted by atomic mass is 32.1. The Balaban J connectivity index is 1.44. The largest absolute Gasteiger partial charge is 0.338 e. The Labute approximate surface area is 118 Å². The van der Waals surface area contributed by atoms with E-state index in [1.165, 1.54) is 37.7 Å². The molecule has 0 radical (unpaired) electrons. The molecule has 1 saturated heterocycles. The highest BCUT2D eigenvalue weighted by Gasteiger charge is 2.40. The minimum atomic E-state index is 0.362. The Kier molecular flexibility index (Phi) is 2.88. The van der Waals surface area contributed by atoms with E-state index in [-0.39, 0.29) is 0 Å². The summed E-state index contributed by atoms with van der Waals surface area (Å²) < 4.78 is 0. The van der Waals surface area contributed by atoms with Crippen molar-refractivity contribution >= 4 is 17.2 Å². The van der Waals surface area contributed by atoms with Crippen LogP contribution in [0.2, 0.25) is 0 Å². The van der Waals surface area contributed by atoms with E-state index < -0.39 is 0 Å². The normalized spacial score (nSPS) is 30.7. The van der Waals surface area contributed by atoms with E-state index in [0.29, 0.717) is 30.5 Å². The Bertz CT molecular complexity index is 494. The van der Waals surface area contributed by atoms with Gasteiger partial charge in [0.15, 0.2) is 0 Å². The van der Waals surface area contributed by atoms with Crippen LogP contribution >= 0.6 is 11.3 Å². The summed E-state index contributed by atoms with van der Waals surface area (Å²) in [4.78, 5) is 15.6. The molecule has 1 aromatic heterocycles. The molecule has 19 heavy (non-hydrogen) atoms. The molecular formula is C15H20N2OS. The van der Waals surface area contributed by atoms with Gasteiger partial charge in [-0.25, -0.2) is 0 Å². The molecule has 1 amide bonds. The van der Waals surface area contributed by atoms with Gasteiger partial charge in [0.25, 0.3) is 0 Å². The van der Waals surface area contributed by atoms with Crippen molar-refractivity contribution < 1.29 is 4.79 Å². The third-order valence-corrected chi connectivity index (χ3v) is 5.63. The zero-order valence-electron chi connectivity index (χ0n) is 11.1. The molecule has 1 N–H and O–H groups in total. The smallest absolute Gasteiger partial charge is 0.224 e. The fourth-order valence-corrected chi connectivity index (χ4v) is 4.51. The van der Waals surface area contributed by atoms with Gasteiger partial charge in [0, 0.05) is 36.0 Å². The van der Waals surface area contributed by atoms with Gasteiger partial charge in [-0.2, -0.15) is 0 Å². The number of carbonyl (C=O) groups is 1. The van der Waals surface area contributed by atoms with E-state index in [9.17, 15) is 4.79 Å². The van der Waals surface area contributed by atoms with Gasteiger partial charge in [0.2, 0.25) is 5.91 Å². The number of nitrogens with zero attached hydrogens (tertiary/aromatic N) is 1. The van der Waals surface area contributed by atoms with Crippen molar-refractivity contribution in [2.24, 2.45) is 0 Å². The van der Waals surface area contributed by atoms with Crippen LogP contribution in [0.5, 0.6) is 0 Å². The molecule has 102 valence electrons. The van der Waals surface area contributed by atoms with Gasteiger partial charge in [0.1, 0.15) is 0 Å². The topological polar surface area (TPSA) is 32.3 Å². The highest BCUT2D eigenvalue weighted by Crippen LogP contribution is 2.35. The van der Waals surface area contributed by atoms with Crippen LogP contribution in [0, 0.1) is 0 Å². The number of rotatable bonds is 3. The zero-order chi connectivity index (χ0) is 12.8. The number of hydrogen-bond donors (Lipinski definition) is 1. The highest BCUT2D eigenvalue weighted by molar-refractivity contribution is 7.10. The number of fused-ring (bicyclic) bond motifs is 1. The first-order chi connectivity index (χ1) is 9.31. The zero-order valence-corrected chi connectivity index (χ0v) is 11.9. The quantitative estimate of drug-likeness (QED) is 0.920. The number of likely N-dealkylation sites (tertiary alicyclic amines) is 1. The molecule has 0 unspecified atom stereocenters. The van der Waals surface area contributed by atoms with Crippen molar-refractivity contribution in [3.8, 4) is 0 Å². The lowest BCUT2D eigenvalue weighted by atomic mass is 9.93. The minimum absolute atomic E-state index is 0.362. The first-order valence-electron chi connectivity index (χ1n) is 7.43. The van der Waals surface area contributed by atoms with Crippen molar-refractivity contribution in [3.05, 3.63) is 21.9 Å². The van der Waals surface area contributed by atoms with Crippen molar-refractivity contribution in [1.29, 1.82) is 0 Å². The Hall–Kier alpha value is -0.870. The summed E-state index contributed by atoms with van der Waals surface area (Å²) in [6.45, 7) is 0.930. The maximum absolute atomic E-state index is 12.0. The molecule has 3 nitrogen and oxygen atoms in total. The van der Waals surface area contributed by atoms with Crippen LogP contribution in [0.25, 0.3) is 0 Å². The third-order valence-electron chi connectivity index (χ3n) is 4.63. The van der Waals surface area contributed by atoms with E-state index >= 15 is 0 Å². The Morgan fingerprint density at radius 1 is 1.32 bits per heavy atom. The summed E-state index contributed by atoms with van der Waals surface area (Å²) >= 11 is 1.89. The van der Waals surface area contributed by atoms with Crippen LogP contribution in [0.1, 0.15) is 48.6 Å². The number of nitrogens with one attached hydrogen (secondary N) is 1. The molecule has 0 bridgehead atoms. The number of hydrogen-bond acceptors (Lipinski definition) is 3. The monoisotopic (exact) mass is 276 g/mol. The maximum Gasteiger partial charge on any atom is 0.224 e. The SMILES string of the molecule is O=C1C[C@H](N[C@H]2CCCc3sccc32)CN1C1CC1. The van der Waals surface area contributed by atoms with Gasteiger partial charge in [-0.1, -0.05) is 0 Å². The van der Waals surface area contributed by atoms with Crippen LogP contribution in [-0.4, -0.2) is 29.4 Å². The van der Waals surface area contributed by atoms with Crippen LogP contribution in [0.15, 0.2) is 11.4 Å². The molecular weight excluding hydrogens is 256 g/mol. The van der Waals surface area contributed by atoms with Gasteiger partial charge >= 0.3 is 0 Å². The third kappa shape index (κ3) is 2.21. The summed E-state index contributed by atoms with van der Waals surface area (Å²) in [6.07, 6.45) is 6.87. The number of thiophene rings is 1. The Morgan fingerprint density at radius 3 is 3.05 bits per heavy atom. The first-order valence-corrected chi connectivity index (χ1v) is 8.31. The van der Waals surface area contributed by atoms with Crippen LogP contribution in [-0.2, 0) is 11.2 Å². The second kappa shape index (κ2) is 4.60. The molecule has 0 spiro atoms. The van der Waals surface area contributed by atoms with E-state index in [4.69, 9.17) is 0 Å². The Morgan fingerprint density at radius 2 is 2.21 bits per heavy atom. The maximum atomic E-state index is 12.0. The van der Waals surface area contributed by atoms with E-state index in [2.05, 4.69) is 21.7 Å². The molecule has 4 heteroatoms. The lowest BCUT2D eigenvalue weighted by molar-refractivity contribution is -0.128. The molecule has 2 atom stereocenters. The predicted molar refractivity (Wildman–Crippen MR) is 76.3 cm³/mol. The molecule has 1 aromatic rings. The van der Waals surface area contributed by atoms with Crippen LogP contribution < -0.4 is 5.32 Å². The molecule has 2 heterocycles. The number of amides is 1. The van der Waals surface area contributed by atoms with Crippen LogP contribution in [0.4, 0.5) is 0 Å². The van der Waals surface area contributed by atoms with Gasteiger partial charge < -0.3 is 10.2 Å². The molecule has 0 aromatic carbocycles. The number of carbonyl (C=O) groups excluding carboxylic acids is 1. The summed E-state index contributed by atoms with van der Waals surface area (Å²) in [5.41, 5.74) is 1.49. The average molecular weight is 276 g/mol. The van der Waals surface area contributed by atoms with E-state index in [1.54, 1.807) is 4.88 Å². The van der Waals surface area contributed by atoms with Gasteiger partial charge in [-0.15, -0.1) is 11.3 Å². The molecule has 1 aliphatic heterocycles. The predicted octanol–water partition coefficient (Wildman–Crippen LogP) is 2.48. The fourth-order valence-electron chi connectivity index (χ4n) is 3.53. The fraction of sp³-hybridized carbons (Fsp3) is 0.667.